The first-order valence-electron chi connectivity index (χ1n) is 7.73. The molecule has 2 N–H and O–H groups in total. The summed E-state index contributed by atoms with van der Waals surface area (Å²) >= 11 is 0. The van der Waals surface area contributed by atoms with Crippen molar-refractivity contribution < 1.29 is 23.8 Å². The van der Waals surface area contributed by atoms with E-state index in [-0.39, 0.29) is 11.8 Å². The van der Waals surface area contributed by atoms with E-state index in [1.807, 2.05) is 0 Å². The molecular weight excluding hydrogens is 324 g/mol. The lowest BCUT2D eigenvalue weighted by molar-refractivity contribution is -0.114. The third kappa shape index (κ3) is 3.82. The summed E-state index contributed by atoms with van der Waals surface area (Å²) in [5.74, 6) is 0.979. The zero-order chi connectivity index (χ0) is 17.8. The van der Waals surface area contributed by atoms with Gasteiger partial charge in [0.1, 0.15) is 13.2 Å². The molecule has 1 aliphatic heterocycles. The lowest BCUT2D eigenvalue weighted by atomic mass is 10.1. The first-order valence-corrected chi connectivity index (χ1v) is 7.73. The molecule has 3 rings (SSSR count). The Morgan fingerprint density at radius 1 is 1.00 bits per heavy atom. The van der Waals surface area contributed by atoms with Crippen LogP contribution in [-0.4, -0.2) is 32.1 Å². The average molecular weight is 342 g/mol. The van der Waals surface area contributed by atoms with Crippen molar-refractivity contribution in [1.82, 2.24) is 0 Å². The van der Waals surface area contributed by atoms with Crippen molar-refractivity contribution in [1.29, 1.82) is 0 Å². The Labute approximate surface area is 144 Å². The Morgan fingerprint density at radius 2 is 1.64 bits per heavy atom. The maximum Gasteiger partial charge on any atom is 0.255 e. The second kappa shape index (κ2) is 7.12. The van der Waals surface area contributed by atoms with E-state index in [0.717, 1.165) is 0 Å². The zero-order valence-electron chi connectivity index (χ0n) is 13.9. The van der Waals surface area contributed by atoms with Crippen molar-refractivity contribution in [2.45, 2.75) is 6.92 Å². The Kier molecular flexibility index (Phi) is 4.74. The fourth-order valence-corrected chi connectivity index (χ4v) is 2.45. The van der Waals surface area contributed by atoms with E-state index >= 15 is 0 Å². The van der Waals surface area contributed by atoms with Gasteiger partial charge >= 0.3 is 0 Å². The predicted octanol–water partition coefficient (Wildman–Crippen LogP) is 2.68. The van der Waals surface area contributed by atoms with Gasteiger partial charge in [0, 0.05) is 23.9 Å². The zero-order valence-corrected chi connectivity index (χ0v) is 13.9. The molecular formula is C18H18N2O5. The molecule has 130 valence electrons. The minimum atomic E-state index is -0.303. The number of ether oxygens (including phenoxy) is 3. The molecule has 7 nitrogen and oxygen atoms in total. The predicted molar refractivity (Wildman–Crippen MR) is 92.7 cm³/mol. The summed E-state index contributed by atoms with van der Waals surface area (Å²) in [6.07, 6.45) is 0. The molecule has 2 aromatic carbocycles. The average Bonchev–Trinajstić information content (AvgIpc) is 2.62. The SMILES string of the molecule is COc1cc(C(=O)Nc2ccc(NC(C)=O)cc2)cc2c1OCCO2. The van der Waals surface area contributed by atoms with Crippen LogP contribution < -0.4 is 24.8 Å². The Bertz CT molecular complexity index is 785. The molecule has 0 aromatic heterocycles. The van der Waals surface area contributed by atoms with E-state index in [1.165, 1.54) is 14.0 Å². The van der Waals surface area contributed by atoms with E-state index in [1.54, 1.807) is 36.4 Å². The van der Waals surface area contributed by atoms with Crippen LogP contribution >= 0.6 is 0 Å². The van der Waals surface area contributed by atoms with Crippen LogP contribution in [0.5, 0.6) is 17.2 Å². The second-order valence-corrected chi connectivity index (χ2v) is 5.42. The van der Waals surface area contributed by atoms with Gasteiger partial charge in [0.25, 0.3) is 5.91 Å². The van der Waals surface area contributed by atoms with Crippen LogP contribution in [0.3, 0.4) is 0 Å². The van der Waals surface area contributed by atoms with Gasteiger partial charge in [0.2, 0.25) is 11.7 Å². The maximum absolute atomic E-state index is 12.5. The van der Waals surface area contributed by atoms with Crippen molar-refractivity contribution in [3.8, 4) is 17.2 Å². The number of hydrogen-bond acceptors (Lipinski definition) is 5. The van der Waals surface area contributed by atoms with E-state index in [9.17, 15) is 9.59 Å². The van der Waals surface area contributed by atoms with E-state index in [0.29, 0.717) is 47.4 Å². The van der Waals surface area contributed by atoms with Gasteiger partial charge in [-0.3, -0.25) is 9.59 Å². The molecule has 0 bridgehead atoms. The number of amides is 2. The second-order valence-electron chi connectivity index (χ2n) is 5.42. The summed E-state index contributed by atoms with van der Waals surface area (Å²) in [5.41, 5.74) is 1.66. The van der Waals surface area contributed by atoms with Crippen LogP contribution in [-0.2, 0) is 4.79 Å². The van der Waals surface area contributed by atoms with Gasteiger partial charge in [-0.1, -0.05) is 0 Å². The fraction of sp³-hybridized carbons (Fsp3) is 0.222. The van der Waals surface area contributed by atoms with Crippen LogP contribution in [0.25, 0.3) is 0 Å². The van der Waals surface area contributed by atoms with E-state index < -0.39 is 0 Å². The van der Waals surface area contributed by atoms with Gasteiger partial charge in [-0.25, -0.2) is 0 Å². The summed E-state index contributed by atoms with van der Waals surface area (Å²) < 4.78 is 16.3. The van der Waals surface area contributed by atoms with Crippen LogP contribution in [0.15, 0.2) is 36.4 Å². The summed E-state index contributed by atoms with van der Waals surface area (Å²) in [6, 6.07) is 10.1. The van der Waals surface area contributed by atoms with Crippen molar-refractivity contribution in [2.24, 2.45) is 0 Å². The number of carbonyl (C=O) groups is 2. The number of anilines is 2. The lowest BCUT2D eigenvalue weighted by Crippen LogP contribution is -2.18. The summed E-state index contributed by atoms with van der Waals surface area (Å²) in [7, 11) is 1.51. The molecule has 0 radical (unpaired) electrons. The topological polar surface area (TPSA) is 85.9 Å². The van der Waals surface area contributed by atoms with Crippen molar-refractivity contribution >= 4 is 23.2 Å². The molecule has 1 heterocycles. The van der Waals surface area contributed by atoms with E-state index in [2.05, 4.69) is 10.6 Å². The van der Waals surface area contributed by atoms with Crippen LogP contribution in [0, 0.1) is 0 Å². The number of rotatable bonds is 4. The number of carbonyl (C=O) groups excluding carboxylic acids is 2. The van der Waals surface area contributed by atoms with Gasteiger partial charge in [0.05, 0.1) is 7.11 Å². The van der Waals surface area contributed by atoms with Crippen molar-refractivity contribution in [2.75, 3.05) is 31.0 Å². The van der Waals surface area contributed by atoms with Crippen LogP contribution in [0.4, 0.5) is 11.4 Å². The molecule has 0 unspecified atom stereocenters. The standard InChI is InChI=1S/C18H18N2O5/c1-11(21)19-13-3-5-14(6-4-13)20-18(22)12-9-15(23-2)17-16(10-12)24-7-8-25-17/h3-6,9-10H,7-8H2,1-2H3,(H,19,21)(H,20,22). The molecule has 0 spiro atoms. The van der Waals surface area contributed by atoms with Gasteiger partial charge in [-0.15, -0.1) is 0 Å². The van der Waals surface area contributed by atoms with Gasteiger partial charge in [-0.2, -0.15) is 0 Å². The third-order valence-corrected chi connectivity index (χ3v) is 3.55. The monoisotopic (exact) mass is 342 g/mol. The Hall–Kier alpha value is -3.22. The number of nitrogens with one attached hydrogen (secondary N) is 2. The third-order valence-electron chi connectivity index (χ3n) is 3.55. The highest BCUT2D eigenvalue weighted by Crippen LogP contribution is 2.40. The molecule has 1 aliphatic rings. The molecule has 25 heavy (non-hydrogen) atoms. The highest BCUT2D eigenvalue weighted by atomic mass is 16.6. The number of fused-ring (bicyclic) bond motifs is 1. The normalized spacial score (nSPS) is 12.2. The number of hydrogen-bond donors (Lipinski definition) is 2. The molecule has 0 saturated carbocycles. The van der Waals surface area contributed by atoms with Crippen LogP contribution in [0.2, 0.25) is 0 Å². The largest absolute Gasteiger partial charge is 0.493 e. The molecule has 7 heteroatoms. The summed E-state index contributed by atoms with van der Waals surface area (Å²) in [6.45, 7) is 2.30. The smallest absolute Gasteiger partial charge is 0.255 e. The number of benzene rings is 2. The minimum Gasteiger partial charge on any atom is -0.493 e. The highest BCUT2D eigenvalue weighted by molar-refractivity contribution is 6.05. The summed E-state index contributed by atoms with van der Waals surface area (Å²) in [4.78, 5) is 23.5. The number of methoxy groups -OCH3 is 1. The summed E-state index contributed by atoms with van der Waals surface area (Å²) in [5, 5.41) is 5.46. The first kappa shape index (κ1) is 16.6. The molecule has 0 aliphatic carbocycles. The quantitative estimate of drug-likeness (QED) is 0.892. The lowest BCUT2D eigenvalue weighted by Gasteiger charge is -2.21. The Morgan fingerprint density at radius 3 is 2.28 bits per heavy atom. The molecule has 2 aromatic rings. The van der Waals surface area contributed by atoms with Crippen LogP contribution in [0.1, 0.15) is 17.3 Å². The minimum absolute atomic E-state index is 0.153. The van der Waals surface area contributed by atoms with Gasteiger partial charge in [-0.05, 0) is 36.4 Å². The van der Waals surface area contributed by atoms with Crippen molar-refractivity contribution in [3.63, 3.8) is 0 Å². The first-order chi connectivity index (χ1) is 12.1. The fourth-order valence-electron chi connectivity index (χ4n) is 2.45. The molecule has 2 amide bonds. The van der Waals surface area contributed by atoms with Gasteiger partial charge in [0.15, 0.2) is 11.5 Å². The van der Waals surface area contributed by atoms with Gasteiger partial charge < -0.3 is 24.8 Å². The molecule has 0 saturated heterocycles. The molecule has 0 fully saturated rings. The van der Waals surface area contributed by atoms with E-state index in [4.69, 9.17) is 14.2 Å². The Balaban J connectivity index is 1.78. The van der Waals surface area contributed by atoms with Crippen molar-refractivity contribution in [3.05, 3.63) is 42.0 Å². The molecule has 0 atom stereocenters. The maximum atomic E-state index is 12.5. The highest BCUT2D eigenvalue weighted by Gasteiger charge is 2.21.